The third-order valence-electron chi connectivity index (χ3n) is 2.98. The first-order valence-electron chi connectivity index (χ1n) is 6.37. The molecule has 7 nitrogen and oxygen atoms in total. The van der Waals surface area contributed by atoms with Gasteiger partial charge in [0.15, 0.2) is 0 Å². The Labute approximate surface area is 111 Å². The number of urea groups is 1. The highest BCUT2D eigenvalue weighted by molar-refractivity contribution is 5.95. The highest BCUT2D eigenvalue weighted by Gasteiger charge is 2.21. The summed E-state index contributed by atoms with van der Waals surface area (Å²) in [5.41, 5.74) is 0. The van der Waals surface area contributed by atoms with Crippen molar-refractivity contribution in [3.63, 3.8) is 0 Å². The predicted octanol–water partition coefficient (Wildman–Crippen LogP) is 0.492. The van der Waals surface area contributed by atoms with Gasteiger partial charge in [-0.05, 0) is 18.8 Å². The van der Waals surface area contributed by atoms with E-state index in [0.717, 1.165) is 19.3 Å². The molecule has 108 valence electrons. The molecule has 0 heterocycles. The molecule has 0 aromatic carbocycles. The Kier molecular flexibility index (Phi) is 6.27. The van der Waals surface area contributed by atoms with Gasteiger partial charge in [0.2, 0.25) is 0 Å². The summed E-state index contributed by atoms with van der Waals surface area (Å²) in [6.45, 7) is 1.13. The largest absolute Gasteiger partial charge is 0.480 e. The summed E-state index contributed by atoms with van der Waals surface area (Å²) in [4.78, 5) is 32.9. The van der Waals surface area contributed by atoms with Crippen LogP contribution in [-0.4, -0.2) is 42.3 Å². The molecular formula is C12H20N2O5. The summed E-state index contributed by atoms with van der Waals surface area (Å²) in [7, 11) is 0. The highest BCUT2D eigenvalue weighted by Crippen LogP contribution is 2.23. The number of carbonyl (C=O) groups is 3. The Bertz CT molecular complexity index is 345. The van der Waals surface area contributed by atoms with Crippen LogP contribution in [0.2, 0.25) is 0 Å². The molecular weight excluding hydrogens is 252 g/mol. The van der Waals surface area contributed by atoms with E-state index in [0.29, 0.717) is 5.92 Å². The lowest BCUT2D eigenvalue weighted by molar-refractivity contribution is -0.143. The van der Waals surface area contributed by atoms with E-state index < -0.39 is 31.1 Å². The Hall–Kier alpha value is -1.63. The lowest BCUT2D eigenvalue weighted by Crippen LogP contribution is -2.46. The minimum absolute atomic E-state index is 0.0940. The van der Waals surface area contributed by atoms with E-state index in [1.807, 2.05) is 0 Å². The molecule has 19 heavy (non-hydrogen) atoms. The number of ether oxygens (including phenoxy) is 1. The van der Waals surface area contributed by atoms with Crippen LogP contribution in [0.25, 0.3) is 0 Å². The number of hydrogen-bond acceptors (Lipinski definition) is 4. The molecule has 0 aromatic heterocycles. The summed E-state index contributed by atoms with van der Waals surface area (Å²) in [6, 6.07) is -0.459. The van der Waals surface area contributed by atoms with Gasteiger partial charge in [-0.3, -0.25) is 10.1 Å². The van der Waals surface area contributed by atoms with Crippen LogP contribution in [0.3, 0.4) is 0 Å². The average Bonchev–Trinajstić information content (AvgIpc) is 2.27. The number of imide groups is 1. The van der Waals surface area contributed by atoms with Crippen molar-refractivity contribution in [2.75, 3.05) is 13.2 Å². The van der Waals surface area contributed by atoms with E-state index >= 15 is 0 Å². The van der Waals surface area contributed by atoms with Crippen LogP contribution in [0.1, 0.15) is 32.6 Å². The lowest BCUT2D eigenvalue weighted by atomic mass is 9.87. The third kappa shape index (κ3) is 6.76. The van der Waals surface area contributed by atoms with Crippen LogP contribution in [0.15, 0.2) is 0 Å². The molecule has 2 atom stereocenters. The molecule has 1 aliphatic rings. The molecule has 1 saturated carbocycles. The minimum Gasteiger partial charge on any atom is -0.480 e. The van der Waals surface area contributed by atoms with E-state index in [1.54, 1.807) is 0 Å². The maximum Gasteiger partial charge on any atom is 0.329 e. The number of carbonyl (C=O) groups excluding carboxylic acids is 2. The monoisotopic (exact) mass is 272 g/mol. The second kappa shape index (κ2) is 7.73. The second-order valence-corrected chi connectivity index (χ2v) is 4.88. The molecule has 0 bridgehead atoms. The van der Waals surface area contributed by atoms with Gasteiger partial charge in [-0.1, -0.05) is 19.8 Å². The average molecular weight is 272 g/mol. The quantitative estimate of drug-likeness (QED) is 0.675. The van der Waals surface area contributed by atoms with Crippen LogP contribution in [-0.2, 0) is 14.3 Å². The number of aliphatic carboxylic acids is 1. The Morgan fingerprint density at radius 1 is 1.26 bits per heavy atom. The van der Waals surface area contributed by atoms with Crippen molar-refractivity contribution in [2.24, 2.45) is 5.92 Å². The molecule has 0 spiro atoms. The van der Waals surface area contributed by atoms with Crippen LogP contribution >= 0.6 is 0 Å². The molecule has 0 aromatic rings. The molecule has 3 N–H and O–H groups in total. The van der Waals surface area contributed by atoms with Crippen molar-refractivity contribution in [3.8, 4) is 0 Å². The normalized spacial score (nSPS) is 22.6. The van der Waals surface area contributed by atoms with E-state index in [-0.39, 0.29) is 6.04 Å². The topological polar surface area (TPSA) is 105 Å². The summed E-state index contributed by atoms with van der Waals surface area (Å²) < 4.78 is 4.57. The Morgan fingerprint density at radius 2 is 2.00 bits per heavy atom. The maximum absolute atomic E-state index is 11.5. The van der Waals surface area contributed by atoms with Crippen molar-refractivity contribution in [1.29, 1.82) is 0 Å². The molecule has 2 unspecified atom stereocenters. The van der Waals surface area contributed by atoms with Crippen molar-refractivity contribution in [1.82, 2.24) is 10.6 Å². The zero-order chi connectivity index (χ0) is 14.3. The number of nitrogens with one attached hydrogen (secondary N) is 2. The lowest BCUT2D eigenvalue weighted by Gasteiger charge is -2.27. The van der Waals surface area contributed by atoms with Gasteiger partial charge in [-0.2, -0.15) is 0 Å². The Morgan fingerprint density at radius 3 is 2.63 bits per heavy atom. The number of rotatable bonds is 5. The smallest absolute Gasteiger partial charge is 0.329 e. The number of hydrogen-bond donors (Lipinski definition) is 3. The molecule has 3 amide bonds. The fraction of sp³-hybridized carbons (Fsp3) is 0.750. The first-order chi connectivity index (χ1) is 8.97. The van der Waals surface area contributed by atoms with Crippen LogP contribution in [0.5, 0.6) is 0 Å². The van der Waals surface area contributed by atoms with E-state index in [2.05, 4.69) is 22.3 Å². The number of carboxylic acids is 1. The molecule has 7 heteroatoms. The van der Waals surface area contributed by atoms with Crippen molar-refractivity contribution in [3.05, 3.63) is 0 Å². The van der Waals surface area contributed by atoms with Crippen molar-refractivity contribution in [2.45, 2.75) is 38.6 Å². The zero-order valence-electron chi connectivity index (χ0n) is 11.0. The standard InChI is InChI=1S/C12H20N2O5/c1-8-3-2-4-9(5-8)13-12(18)14-10(15)6-19-7-11(16)17/h8-9H,2-7H2,1H3,(H,16,17)(H2,13,14,15,18). The van der Waals surface area contributed by atoms with Gasteiger partial charge >= 0.3 is 12.0 Å². The first-order valence-corrected chi connectivity index (χ1v) is 6.37. The first kappa shape index (κ1) is 15.4. The van der Waals surface area contributed by atoms with Gasteiger partial charge in [0.25, 0.3) is 5.91 Å². The number of amides is 3. The predicted molar refractivity (Wildman–Crippen MR) is 66.5 cm³/mol. The van der Waals surface area contributed by atoms with Gasteiger partial charge in [-0.25, -0.2) is 9.59 Å². The van der Waals surface area contributed by atoms with Gasteiger partial charge in [0, 0.05) is 6.04 Å². The van der Waals surface area contributed by atoms with E-state index in [1.165, 1.54) is 6.42 Å². The second-order valence-electron chi connectivity index (χ2n) is 4.88. The minimum atomic E-state index is -1.16. The highest BCUT2D eigenvalue weighted by atomic mass is 16.5. The fourth-order valence-electron chi connectivity index (χ4n) is 2.18. The van der Waals surface area contributed by atoms with Crippen molar-refractivity contribution < 1.29 is 24.2 Å². The van der Waals surface area contributed by atoms with Crippen molar-refractivity contribution >= 4 is 17.9 Å². The van der Waals surface area contributed by atoms with Gasteiger partial charge in [0.05, 0.1) is 0 Å². The molecule has 0 aliphatic heterocycles. The van der Waals surface area contributed by atoms with Gasteiger partial charge in [-0.15, -0.1) is 0 Å². The molecule has 0 radical (unpaired) electrons. The van der Waals surface area contributed by atoms with E-state index in [9.17, 15) is 14.4 Å². The van der Waals surface area contributed by atoms with E-state index in [4.69, 9.17) is 5.11 Å². The van der Waals surface area contributed by atoms with Crippen LogP contribution in [0.4, 0.5) is 4.79 Å². The van der Waals surface area contributed by atoms with Crippen LogP contribution < -0.4 is 10.6 Å². The van der Waals surface area contributed by atoms with Gasteiger partial charge < -0.3 is 15.2 Å². The maximum atomic E-state index is 11.5. The van der Waals surface area contributed by atoms with Crippen LogP contribution in [0, 0.1) is 5.92 Å². The number of carboxylic acid groups (broad SMARTS) is 1. The fourth-order valence-corrected chi connectivity index (χ4v) is 2.18. The van der Waals surface area contributed by atoms with Gasteiger partial charge in [0.1, 0.15) is 13.2 Å². The summed E-state index contributed by atoms with van der Waals surface area (Å²) in [6.07, 6.45) is 4.07. The summed E-state index contributed by atoms with van der Waals surface area (Å²) in [5, 5.41) is 13.2. The SMILES string of the molecule is CC1CCCC(NC(=O)NC(=O)COCC(=O)O)C1. The summed E-state index contributed by atoms with van der Waals surface area (Å²) >= 11 is 0. The molecule has 1 fully saturated rings. The third-order valence-corrected chi connectivity index (χ3v) is 2.98. The molecule has 0 saturated heterocycles. The zero-order valence-corrected chi connectivity index (χ0v) is 11.0. The molecule has 1 rings (SSSR count). The summed E-state index contributed by atoms with van der Waals surface area (Å²) in [5.74, 6) is -1.23. The Balaban J connectivity index is 2.19. The molecule has 1 aliphatic carbocycles.